The molecule has 5 aromatic carbocycles. The number of H-pyrrole nitrogens is 1. The van der Waals surface area contributed by atoms with Crippen LogP contribution in [0.2, 0.25) is 0 Å². The molecule has 0 radical (unpaired) electrons. The van der Waals surface area contributed by atoms with E-state index < -0.39 is 130 Å². The fourth-order valence-corrected chi connectivity index (χ4v) is 19.3. The van der Waals surface area contributed by atoms with Crippen LogP contribution in [0.5, 0.6) is 0 Å². The molecule has 666 valence electrons. The molecular weight excluding hydrogens is 1700 g/mol. The number of alkyl halides is 1. The highest BCUT2D eigenvalue weighted by Crippen LogP contribution is 2.52. The van der Waals surface area contributed by atoms with Crippen LogP contribution in [0, 0.1) is 58.2 Å². The van der Waals surface area contributed by atoms with Crippen molar-refractivity contribution in [1.82, 2.24) is 44.4 Å². The van der Waals surface area contributed by atoms with E-state index in [0.717, 1.165) is 88.9 Å². The molecule has 3 N–H and O–H groups in total. The number of carbonyl (C=O) groups is 1. The number of nitrogens with zero attached hydrogens (tertiary/aromatic N) is 17. The van der Waals surface area contributed by atoms with Crippen molar-refractivity contribution in [2.75, 3.05) is 13.1 Å². The first kappa shape index (κ1) is 92.2. The zero-order chi connectivity index (χ0) is 91.3. The predicted octanol–water partition coefficient (Wildman–Crippen LogP) is 25.0. The van der Waals surface area contributed by atoms with Crippen LogP contribution in [0.3, 0.4) is 0 Å². The second kappa shape index (κ2) is 41.8. The smallest absolute Gasteiger partial charge is 0.410 e. The molecule has 0 unspecified atom stereocenters. The van der Waals surface area contributed by atoms with Gasteiger partial charge >= 0.3 is 11.8 Å². The second-order valence-corrected chi connectivity index (χ2v) is 33.3. The van der Waals surface area contributed by atoms with Gasteiger partial charge in [0.15, 0.2) is 63.8 Å². The van der Waals surface area contributed by atoms with Gasteiger partial charge in [0, 0.05) is 106 Å². The minimum atomic E-state index is -0.996. The van der Waals surface area contributed by atoms with Crippen LogP contribution < -0.4 is 5.69 Å². The summed E-state index contributed by atoms with van der Waals surface area (Å²) >= 11 is 6.61. The Balaban J connectivity index is 0.000000134. The van der Waals surface area contributed by atoms with Crippen molar-refractivity contribution in [2.45, 2.75) is 193 Å². The lowest BCUT2D eigenvalue weighted by atomic mass is 9.85. The van der Waals surface area contributed by atoms with E-state index in [1.54, 1.807) is 101 Å². The van der Waals surface area contributed by atoms with Gasteiger partial charge in [-0.3, -0.25) is 34.5 Å². The predicted molar refractivity (Wildman–Crippen MR) is 462 cm³/mol. The SMILES string of the molecule is C[C@@H]1CC[C@@H](c2cccc(F)c2F)[C@@H](Cl)c2cccnc21.C[C@@H]1CC[C@@H](c2cccc(F)c2F)[C@H](N=[N+]=[N-])c2cccnc21.C[C@@H]1CC[C@@H](c2cccc(F)c2F)[C@H](O)c2cccnc21.[N-]=[N+]=N[C@@H]1c2cccnc2[C@H](O)CC[C@H]1c1cccc(F)c1F.[N-]=[N+]=N[C@@H]1c2cccnc2[C@H](OC(=O)N2CCC(n3c(=O)[nH]c4ncccc43)CC2)CC[C@H]1c1cccc(F)c1F. The van der Waals surface area contributed by atoms with Crippen molar-refractivity contribution in [3.63, 3.8) is 0 Å². The number of aromatic nitrogens is 8. The number of ether oxygens (including phenoxy) is 1. The van der Waals surface area contributed by atoms with Crippen molar-refractivity contribution < 1.29 is 63.6 Å². The highest BCUT2D eigenvalue weighted by molar-refractivity contribution is 6.21. The number of hydrogen-bond donors (Lipinski definition) is 3. The van der Waals surface area contributed by atoms with Gasteiger partial charge in [-0.2, -0.15) is 0 Å². The average molecular weight is 1790 g/mol. The van der Waals surface area contributed by atoms with Gasteiger partial charge in [-0.1, -0.05) is 127 Å². The van der Waals surface area contributed by atoms with Gasteiger partial charge in [-0.15, -0.1) is 11.6 Å². The lowest BCUT2D eigenvalue weighted by molar-refractivity contribution is 0.0472. The molecular formula is C95H89ClF10N18O5. The normalized spacial score (nSPS) is 23.3. The van der Waals surface area contributed by atoms with Crippen molar-refractivity contribution in [1.29, 1.82) is 0 Å². The number of piperidine rings is 1. The Bertz CT molecular complexity index is 6010. The molecule has 23 nitrogen and oxygen atoms in total. The number of nitrogens with one attached hydrogen (secondary N) is 1. The van der Waals surface area contributed by atoms with Gasteiger partial charge in [0.2, 0.25) is 0 Å². The third kappa shape index (κ3) is 20.0. The van der Waals surface area contributed by atoms with Gasteiger partial charge in [0.25, 0.3) is 0 Å². The third-order valence-electron chi connectivity index (χ3n) is 25.3. The fourth-order valence-electron chi connectivity index (χ4n) is 18.9. The quantitative estimate of drug-likeness (QED) is 0.0288. The van der Waals surface area contributed by atoms with Gasteiger partial charge in [-0.05, 0) is 252 Å². The molecule has 6 aliphatic rings. The van der Waals surface area contributed by atoms with E-state index >= 15 is 0 Å². The lowest BCUT2D eigenvalue weighted by Crippen LogP contribution is -2.41. The molecule has 15 atom stereocenters. The number of aliphatic hydroxyl groups is 2. The van der Waals surface area contributed by atoms with Gasteiger partial charge in [0.05, 0.1) is 52.6 Å². The molecule has 1 amide bonds. The number of aromatic amines is 1. The second-order valence-electron chi connectivity index (χ2n) is 32.8. The van der Waals surface area contributed by atoms with Gasteiger partial charge in [0.1, 0.15) is 6.10 Å². The maximum absolute atomic E-state index is 14.9. The Morgan fingerprint density at radius 1 is 0.403 bits per heavy atom. The summed E-state index contributed by atoms with van der Waals surface area (Å²) in [6.45, 7) is 6.94. The molecule has 0 bridgehead atoms. The number of rotatable bonds is 10. The Hall–Kier alpha value is -13.0. The molecule has 5 aliphatic carbocycles. The van der Waals surface area contributed by atoms with E-state index in [2.05, 4.69) is 71.9 Å². The number of likely N-dealkylation sites (tertiary alicyclic amines) is 1. The monoisotopic (exact) mass is 1790 g/mol. The molecule has 7 aromatic heterocycles. The molecule has 1 fully saturated rings. The van der Waals surface area contributed by atoms with Crippen LogP contribution in [0.15, 0.2) is 221 Å². The zero-order valence-corrected chi connectivity index (χ0v) is 70.8. The molecule has 34 heteroatoms. The average Bonchev–Trinajstić information content (AvgIpc) is 1.68. The van der Waals surface area contributed by atoms with E-state index in [1.807, 2.05) is 44.2 Å². The molecule has 1 saturated heterocycles. The number of aliphatic hydroxyl groups excluding tert-OH is 2. The number of imidazole rings is 1. The minimum absolute atomic E-state index is 0.0916. The minimum Gasteiger partial charge on any atom is -0.440 e. The van der Waals surface area contributed by atoms with E-state index in [4.69, 9.17) is 27.4 Å². The van der Waals surface area contributed by atoms with E-state index in [9.17, 15) is 69.2 Å². The number of azide groups is 3. The maximum atomic E-state index is 14.9. The van der Waals surface area contributed by atoms with Crippen LogP contribution in [0.25, 0.3) is 42.5 Å². The maximum Gasteiger partial charge on any atom is 0.410 e. The molecule has 12 aromatic rings. The highest BCUT2D eigenvalue weighted by atomic mass is 35.5. The number of halogens is 11. The fraction of sp³-hybridized carbons (Fsp3) is 0.347. The summed E-state index contributed by atoms with van der Waals surface area (Å²) in [5.74, 6) is -10.7. The van der Waals surface area contributed by atoms with Crippen molar-refractivity contribution in [3.8, 4) is 0 Å². The Morgan fingerprint density at radius 2 is 0.736 bits per heavy atom. The summed E-state index contributed by atoms with van der Waals surface area (Å²) in [4.78, 5) is 65.0. The number of hydrogen-bond acceptors (Lipinski definition) is 14. The third-order valence-corrected chi connectivity index (χ3v) is 25.8. The van der Waals surface area contributed by atoms with Crippen LogP contribution in [-0.2, 0) is 4.74 Å². The Morgan fingerprint density at radius 3 is 1.19 bits per heavy atom. The zero-order valence-electron chi connectivity index (χ0n) is 70.1. The van der Waals surface area contributed by atoms with Crippen LogP contribution in [0.4, 0.5) is 48.7 Å². The summed E-state index contributed by atoms with van der Waals surface area (Å²) in [5.41, 5.74) is 36.3. The van der Waals surface area contributed by atoms with Crippen LogP contribution in [0.1, 0.15) is 277 Å². The van der Waals surface area contributed by atoms with Crippen LogP contribution in [-0.4, -0.2) is 73.8 Å². The van der Waals surface area contributed by atoms with Crippen LogP contribution >= 0.6 is 11.6 Å². The standard InChI is InChI=1S/C28H26F2N8O3.C17H16ClF2N.C17H16F2N4.C17H17F2NO.C16H14F2N4O/c29-20-6-1-4-17(23(20)30)18-8-9-22(25-19(5-2-12-32-25)24(18)35-36-31)41-28(40)37-14-10-16(11-15-37)38-21-7-3-13-33-26(21)34-27(38)39;1-10-7-8-11(12-4-2-6-14(19)16(12)20)15(18)13-5-3-9-21-17(10)13;1-10-7-8-12(11-4-2-6-14(18)15(11)19)17(22-23-20)13-5-3-9-21-16(10)13;1-10-7-8-12(11-4-2-6-14(18)15(11)19)17(21)13-5-3-9-20-16(10)13;17-12-5-1-3-9(14(12)18)10-6-7-13(23)16-11(4-2-8-20-16)15(10)21-22-19/h1-7,12-13,16,18,22,24H,8-11,14-15H2,(H,33,34,39);2-6,9-11,15H,7-8H2,1H3;2-6,9-10,12,17H,7-8H2,1H3;2-6,9-10,12,17,21H,7-8H2,1H3;1-5,8,10,13,15,23H,6-7H2/t18-,22+,24-;10-,11+,15-;2*10-,12+,17+;10-,13+,15-/m01110/s1. The molecule has 18 rings (SSSR count). The van der Waals surface area contributed by atoms with Gasteiger partial charge in [-0.25, -0.2) is 58.5 Å². The summed E-state index contributed by atoms with van der Waals surface area (Å²) in [7, 11) is 0. The molecule has 8 heterocycles. The van der Waals surface area contributed by atoms with Gasteiger partial charge < -0.3 is 19.8 Å². The molecule has 0 spiro atoms. The Labute approximate surface area is 739 Å². The summed E-state index contributed by atoms with van der Waals surface area (Å²) < 4.78 is 147. The van der Waals surface area contributed by atoms with E-state index in [0.29, 0.717) is 91.8 Å². The molecule has 1 aliphatic heterocycles. The van der Waals surface area contributed by atoms with Crippen molar-refractivity contribution in [3.05, 3.63) is 385 Å². The first-order valence-corrected chi connectivity index (χ1v) is 42.9. The Kier molecular flexibility index (Phi) is 29.9. The number of amides is 1. The first-order valence-electron chi connectivity index (χ1n) is 42.5. The lowest BCUT2D eigenvalue weighted by Gasteiger charge is -2.33. The first-order chi connectivity index (χ1) is 62.4. The van der Waals surface area contributed by atoms with Crippen molar-refractivity contribution >= 4 is 28.9 Å². The number of benzene rings is 5. The summed E-state index contributed by atoms with van der Waals surface area (Å²) in [6, 6.07) is 39.5. The molecule has 0 saturated carbocycles. The number of fused-ring (bicyclic) bond motifs is 6. The van der Waals surface area contributed by atoms with E-state index in [-0.39, 0.29) is 70.5 Å². The summed E-state index contributed by atoms with van der Waals surface area (Å²) in [5, 5.41) is 32.1. The topological polar surface area (TPSA) is 331 Å². The summed E-state index contributed by atoms with van der Waals surface area (Å²) in [6.07, 6.45) is 13.5. The highest BCUT2D eigenvalue weighted by Gasteiger charge is 2.42. The number of pyridine rings is 6. The largest absolute Gasteiger partial charge is 0.440 e. The van der Waals surface area contributed by atoms with Crippen molar-refractivity contribution in [2.24, 2.45) is 15.3 Å². The van der Waals surface area contributed by atoms with E-state index in [1.165, 1.54) is 48.7 Å². The number of carbonyl (C=O) groups excluding carboxylic acids is 1. The molecule has 129 heavy (non-hydrogen) atoms.